The zero-order chi connectivity index (χ0) is 15.3. The molecule has 2 rings (SSSR count). The van der Waals surface area contributed by atoms with E-state index in [-0.39, 0.29) is 5.41 Å². The molecule has 0 radical (unpaired) electrons. The molecule has 0 bridgehead atoms. The Kier molecular flexibility index (Phi) is 5.54. The van der Waals surface area contributed by atoms with Gasteiger partial charge in [0.15, 0.2) is 0 Å². The lowest BCUT2D eigenvalue weighted by atomic mass is 9.76. The Morgan fingerprint density at radius 1 is 1.14 bits per heavy atom. The molecule has 0 spiro atoms. The van der Waals surface area contributed by atoms with Crippen LogP contribution in [0.3, 0.4) is 0 Å². The highest BCUT2D eigenvalue weighted by Crippen LogP contribution is 2.41. The fourth-order valence-electron chi connectivity index (χ4n) is 2.96. The predicted octanol–water partition coefficient (Wildman–Crippen LogP) is 4.92. The van der Waals surface area contributed by atoms with Crippen LogP contribution in [0, 0.1) is 0 Å². The summed E-state index contributed by atoms with van der Waals surface area (Å²) in [6.45, 7) is 9.88. The maximum Gasteiger partial charge on any atom is 0.103 e. The van der Waals surface area contributed by atoms with Crippen molar-refractivity contribution in [1.29, 1.82) is 0 Å². The first-order valence-electron chi connectivity index (χ1n) is 7.93. The molecule has 1 atom stereocenters. The van der Waals surface area contributed by atoms with Gasteiger partial charge in [-0.05, 0) is 31.9 Å². The van der Waals surface area contributed by atoms with Crippen LogP contribution in [0.25, 0.3) is 0 Å². The summed E-state index contributed by atoms with van der Waals surface area (Å²) in [5, 5.41) is 4.72. The van der Waals surface area contributed by atoms with Crippen molar-refractivity contribution in [2.24, 2.45) is 0 Å². The van der Waals surface area contributed by atoms with Crippen molar-refractivity contribution in [3.8, 4) is 0 Å². The molecule has 0 aliphatic rings. The number of thiazole rings is 1. The van der Waals surface area contributed by atoms with Crippen LogP contribution in [0.5, 0.6) is 0 Å². The van der Waals surface area contributed by atoms with E-state index in [2.05, 4.69) is 69.5 Å². The Bertz CT molecular complexity index is 543. The van der Waals surface area contributed by atoms with E-state index >= 15 is 0 Å². The van der Waals surface area contributed by atoms with Gasteiger partial charge in [-0.2, -0.15) is 0 Å². The number of benzene rings is 1. The average molecular weight is 302 g/mol. The molecule has 1 aromatic heterocycles. The van der Waals surface area contributed by atoms with Crippen molar-refractivity contribution < 1.29 is 0 Å². The van der Waals surface area contributed by atoms with E-state index in [0.29, 0.717) is 6.04 Å². The number of nitrogens with zero attached hydrogens (tertiary/aromatic N) is 1. The smallest absolute Gasteiger partial charge is 0.103 e. The van der Waals surface area contributed by atoms with Gasteiger partial charge in [-0.1, -0.05) is 51.1 Å². The normalized spacial score (nSPS) is 13.3. The maximum absolute atomic E-state index is 4.79. The molecule has 3 heteroatoms. The number of aromatic nitrogens is 1. The average Bonchev–Trinajstić information content (AvgIpc) is 3.01. The van der Waals surface area contributed by atoms with Crippen LogP contribution < -0.4 is 5.32 Å². The van der Waals surface area contributed by atoms with Crippen LogP contribution in [0.1, 0.15) is 62.0 Å². The van der Waals surface area contributed by atoms with Crippen molar-refractivity contribution in [3.63, 3.8) is 0 Å². The first-order valence-corrected chi connectivity index (χ1v) is 8.74. The molecule has 0 fully saturated rings. The lowest BCUT2D eigenvalue weighted by Crippen LogP contribution is -2.25. The molecule has 0 saturated carbocycles. The van der Waals surface area contributed by atoms with Gasteiger partial charge in [-0.25, -0.2) is 4.98 Å². The molecule has 2 aromatic rings. The van der Waals surface area contributed by atoms with E-state index in [9.17, 15) is 0 Å². The van der Waals surface area contributed by atoms with Crippen LogP contribution in [0.2, 0.25) is 0 Å². The quantitative estimate of drug-likeness (QED) is 0.785. The van der Waals surface area contributed by atoms with Crippen molar-refractivity contribution in [1.82, 2.24) is 10.3 Å². The van der Waals surface area contributed by atoms with Crippen molar-refractivity contribution in [2.75, 3.05) is 6.54 Å². The number of hydrogen-bond donors (Lipinski definition) is 1. The third kappa shape index (κ3) is 3.19. The molecule has 0 saturated heterocycles. The summed E-state index contributed by atoms with van der Waals surface area (Å²) in [5.74, 6) is 0. The predicted molar refractivity (Wildman–Crippen MR) is 92.0 cm³/mol. The highest BCUT2D eigenvalue weighted by Gasteiger charge is 2.33. The van der Waals surface area contributed by atoms with Crippen molar-refractivity contribution in [2.45, 2.75) is 52.0 Å². The molecular formula is C18H26N2S. The van der Waals surface area contributed by atoms with Crippen LogP contribution in [-0.4, -0.2) is 11.5 Å². The van der Waals surface area contributed by atoms with Crippen LogP contribution >= 0.6 is 11.3 Å². The fraction of sp³-hybridized carbons (Fsp3) is 0.500. The summed E-state index contributed by atoms with van der Waals surface area (Å²) in [4.78, 5) is 6.12. The molecule has 114 valence electrons. The van der Waals surface area contributed by atoms with Gasteiger partial charge in [0.1, 0.15) is 5.01 Å². The third-order valence-corrected chi connectivity index (χ3v) is 5.79. The number of rotatable bonds is 7. The van der Waals surface area contributed by atoms with E-state index in [1.165, 1.54) is 15.4 Å². The van der Waals surface area contributed by atoms with Gasteiger partial charge < -0.3 is 5.32 Å². The summed E-state index contributed by atoms with van der Waals surface area (Å²) in [6, 6.07) is 11.2. The van der Waals surface area contributed by atoms with Gasteiger partial charge >= 0.3 is 0 Å². The third-order valence-electron chi connectivity index (χ3n) is 4.40. The van der Waals surface area contributed by atoms with E-state index in [0.717, 1.165) is 19.4 Å². The molecule has 0 aliphatic carbocycles. The SMILES string of the molecule is CCNC(C)c1cnc(C(CC)(CC)c2ccccc2)s1. The zero-order valence-corrected chi connectivity index (χ0v) is 14.3. The first kappa shape index (κ1) is 16.2. The minimum atomic E-state index is 0.0517. The number of nitrogens with one attached hydrogen (secondary N) is 1. The molecular weight excluding hydrogens is 276 g/mol. The summed E-state index contributed by atoms with van der Waals surface area (Å²) < 4.78 is 0. The first-order chi connectivity index (χ1) is 10.2. The summed E-state index contributed by atoms with van der Waals surface area (Å²) in [5.41, 5.74) is 1.43. The summed E-state index contributed by atoms with van der Waals surface area (Å²) in [7, 11) is 0. The fourth-order valence-corrected chi connectivity index (χ4v) is 4.25. The van der Waals surface area contributed by atoms with Crippen LogP contribution in [0.15, 0.2) is 36.5 Å². The van der Waals surface area contributed by atoms with Crippen molar-refractivity contribution in [3.05, 3.63) is 52.0 Å². The Morgan fingerprint density at radius 2 is 1.81 bits per heavy atom. The van der Waals surface area contributed by atoms with E-state index in [1.807, 2.05) is 11.3 Å². The second-order valence-electron chi connectivity index (χ2n) is 5.50. The second kappa shape index (κ2) is 7.19. The topological polar surface area (TPSA) is 24.9 Å². The van der Waals surface area contributed by atoms with Crippen LogP contribution in [-0.2, 0) is 5.41 Å². The monoisotopic (exact) mass is 302 g/mol. The highest BCUT2D eigenvalue weighted by molar-refractivity contribution is 7.11. The molecule has 1 heterocycles. The summed E-state index contributed by atoms with van der Waals surface area (Å²) >= 11 is 1.86. The molecule has 1 unspecified atom stereocenters. The lowest BCUT2D eigenvalue weighted by Gasteiger charge is -2.30. The van der Waals surface area contributed by atoms with Gasteiger partial charge in [-0.15, -0.1) is 11.3 Å². The summed E-state index contributed by atoms with van der Waals surface area (Å²) in [6.07, 6.45) is 4.21. The van der Waals surface area contributed by atoms with Gasteiger partial charge in [0.2, 0.25) is 0 Å². The Labute approximate surface area is 132 Å². The maximum atomic E-state index is 4.79. The standard InChI is InChI=1S/C18H26N2S/c1-5-18(6-2,15-11-9-8-10-12-15)17-20-13-16(21-17)14(4)19-7-3/h8-14,19H,5-7H2,1-4H3. The van der Waals surface area contributed by atoms with Gasteiger partial charge in [0, 0.05) is 22.5 Å². The van der Waals surface area contributed by atoms with E-state index < -0.39 is 0 Å². The number of hydrogen-bond acceptors (Lipinski definition) is 3. The molecule has 0 amide bonds. The van der Waals surface area contributed by atoms with Gasteiger partial charge in [-0.3, -0.25) is 0 Å². The molecule has 1 aromatic carbocycles. The lowest BCUT2D eigenvalue weighted by molar-refractivity contribution is 0.475. The van der Waals surface area contributed by atoms with E-state index in [1.54, 1.807) is 0 Å². The second-order valence-corrected chi connectivity index (χ2v) is 6.56. The molecule has 0 aliphatic heterocycles. The molecule has 1 N–H and O–H groups in total. The molecule has 2 nitrogen and oxygen atoms in total. The Hall–Kier alpha value is -1.19. The highest BCUT2D eigenvalue weighted by atomic mass is 32.1. The van der Waals surface area contributed by atoms with E-state index in [4.69, 9.17) is 4.98 Å². The minimum absolute atomic E-state index is 0.0517. The minimum Gasteiger partial charge on any atom is -0.310 e. The van der Waals surface area contributed by atoms with Gasteiger partial charge in [0.05, 0.1) is 0 Å². The Morgan fingerprint density at radius 3 is 2.38 bits per heavy atom. The van der Waals surface area contributed by atoms with Crippen LogP contribution in [0.4, 0.5) is 0 Å². The zero-order valence-electron chi connectivity index (χ0n) is 13.5. The Balaban J connectivity index is 2.40. The molecule has 21 heavy (non-hydrogen) atoms. The van der Waals surface area contributed by atoms with Gasteiger partial charge in [0.25, 0.3) is 0 Å². The van der Waals surface area contributed by atoms with Crippen molar-refractivity contribution >= 4 is 11.3 Å². The largest absolute Gasteiger partial charge is 0.310 e.